The van der Waals surface area contributed by atoms with Crippen molar-refractivity contribution in [3.63, 3.8) is 0 Å². The molecule has 1 aliphatic rings. The molecule has 4 aromatic carbocycles. The maximum atomic E-state index is 13.2. The number of carbonyl (C=O) groups is 1. The number of benzene rings is 4. The third-order valence-electron chi connectivity index (χ3n) is 6.10. The van der Waals surface area contributed by atoms with E-state index in [4.69, 9.17) is 14.2 Å². The van der Waals surface area contributed by atoms with Gasteiger partial charge in [-0.25, -0.2) is 4.79 Å². The van der Waals surface area contributed by atoms with Gasteiger partial charge in [0, 0.05) is 6.07 Å². The van der Waals surface area contributed by atoms with Crippen LogP contribution in [-0.2, 0) is 4.74 Å². The van der Waals surface area contributed by atoms with Crippen LogP contribution in [0.25, 0.3) is 0 Å². The highest BCUT2D eigenvalue weighted by Crippen LogP contribution is 2.70. The molecule has 0 amide bonds. The first-order valence-corrected chi connectivity index (χ1v) is 12.6. The van der Waals surface area contributed by atoms with Crippen molar-refractivity contribution in [2.24, 2.45) is 0 Å². The summed E-state index contributed by atoms with van der Waals surface area (Å²) in [5.41, 5.74) is 1.26. The van der Waals surface area contributed by atoms with Gasteiger partial charge in [0.05, 0.1) is 25.3 Å². The molecule has 34 heavy (non-hydrogen) atoms. The van der Waals surface area contributed by atoms with E-state index in [0.717, 1.165) is 21.5 Å². The van der Waals surface area contributed by atoms with E-state index in [9.17, 15) is 4.79 Å². The second kappa shape index (κ2) is 10.0. The number of hydrogen-bond donors (Lipinski definition) is 0. The van der Waals surface area contributed by atoms with E-state index < -0.39 is 13.1 Å². The first-order chi connectivity index (χ1) is 16.2. The Bertz CT molecular complexity index is 1180. The molecule has 0 spiro atoms. The van der Waals surface area contributed by atoms with Gasteiger partial charge in [0.15, 0.2) is 7.26 Å². The maximum absolute atomic E-state index is 13.2. The smallest absolute Gasteiger partial charge is 0.342 e. The fourth-order valence-electron chi connectivity index (χ4n) is 4.65. The number of hydrogen-bond acceptors (Lipinski definition) is 4. The second-order valence-electron chi connectivity index (χ2n) is 7.78. The average molecular weight is 535 g/mol. The van der Waals surface area contributed by atoms with Crippen LogP contribution < -0.4 is 42.4 Å². The van der Waals surface area contributed by atoms with E-state index >= 15 is 0 Å². The largest absolute Gasteiger partial charge is 1.00 e. The molecule has 4 nitrogen and oxygen atoms in total. The molecule has 0 N–H and O–H groups in total. The molecule has 0 radical (unpaired) electrons. The molecule has 0 aliphatic carbocycles. The molecule has 0 saturated heterocycles. The number of fused-ring (bicyclic) bond motifs is 1. The van der Waals surface area contributed by atoms with Gasteiger partial charge in [0.1, 0.15) is 27.4 Å². The predicted molar refractivity (Wildman–Crippen MR) is 133 cm³/mol. The number of halogens is 1. The maximum Gasteiger partial charge on any atom is 0.342 e. The average Bonchev–Trinajstić information content (AvgIpc) is 3.22. The van der Waals surface area contributed by atoms with Crippen molar-refractivity contribution < 1.29 is 36.0 Å². The van der Waals surface area contributed by atoms with Crippen LogP contribution in [0, 0.1) is 0 Å². The zero-order chi connectivity index (χ0) is 22.8. The van der Waals surface area contributed by atoms with Crippen LogP contribution in [0.15, 0.2) is 103 Å². The quantitative estimate of drug-likeness (QED) is 0.280. The lowest BCUT2D eigenvalue weighted by atomic mass is 10.1. The monoisotopic (exact) mass is 534 g/mol. The van der Waals surface area contributed by atoms with Gasteiger partial charge in [-0.1, -0.05) is 54.6 Å². The summed E-state index contributed by atoms with van der Waals surface area (Å²) in [6.45, 7) is 0. The lowest BCUT2D eigenvalue weighted by molar-refractivity contribution is -0.0000247. The molecule has 172 valence electrons. The van der Waals surface area contributed by atoms with Crippen molar-refractivity contribution in [2.45, 2.75) is 5.85 Å². The molecule has 6 heteroatoms. The van der Waals surface area contributed by atoms with Gasteiger partial charge in [0.2, 0.25) is 0 Å². The molecule has 1 atom stereocenters. The van der Waals surface area contributed by atoms with E-state index in [1.807, 2.05) is 60.7 Å². The molecule has 0 bridgehead atoms. The number of cyclic esters (lactones) is 1. The molecule has 1 heterocycles. The molecular formula is C28H24BrO4P. The van der Waals surface area contributed by atoms with Crippen molar-refractivity contribution in [3.05, 3.63) is 114 Å². The zero-order valence-corrected chi connectivity index (χ0v) is 21.3. The van der Waals surface area contributed by atoms with Crippen LogP contribution in [0.1, 0.15) is 21.8 Å². The topological polar surface area (TPSA) is 44.8 Å². The molecule has 1 aliphatic heterocycles. The summed E-state index contributed by atoms with van der Waals surface area (Å²) < 4.78 is 17.5. The van der Waals surface area contributed by atoms with Gasteiger partial charge in [-0.3, -0.25) is 0 Å². The lowest BCUT2D eigenvalue weighted by Crippen LogP contribution is -3.00. The Morgan fingerprint density at radius 2 is 1.18 bits per heavy atom. The van der Waals surface area contributed by atoms with Crippen molar-refractivity contribution in [2.75, 3.05) is 14.2 Å². The first kappa shape index (κ1) is 24.0. The Morgan fingerprint density at radius 3 is 1.59 bits per heavy atom. The third kappa shape index (κ3) is 3.79. The fraction of sp³-hybridized carbons (Fsp3) is 0.107. The predicted octanol–water partition coefficient (Wildman–Crippen LogP) is 1.87. The molecule has 5 rings (SSSR count). The lowest BCUT2D eigenvalue weighted by Gasteiger charge is -2.32. The molecular weight excluding hydrogens is 511 g/mol. The van der Waals surface area contributed by atoms with Crippen LogP contribution in [0.3, 0.4) is 0 Å². The van der Waals surface area contributed by atoms with Crippen molar-refractivity contribution in [3.8, 4) is 11.5 Å². The van der Waals surface area contributed by atoms with E-state index in [2.05, 4.69) is 36.4 Å². The molecule has 4 aromatic rings. The molecule has 1 unspecified atom stereocenters. The SMILES string of the molecule is COc1cc(OC)c2c(c1)C(=O)OC2[P+](c1ccccc1)(c1ccccc1)c1ccccc1.[Br-]. The summed E-state index contributed by atoms with van der Waals surface area (Å²) in [6, 6.07) is 34.6. The highest BCUT2D eigenvalue weighted by Gasteiger charge is 2.60. The van der Waals surface area contributed by atoms with Gasteiger partial charge in [-0.2, -0.15) is 0 Å². The normalized spacial score (nSPS) is 14.5. The Labute approximate surface area is 210 Å². The van der Waals surface area contributed by atoms with E-state index in [1.54, 1.807) is 20.3 Å². The van der Waals surface area contributed by atoms with Gasteiger partial charge in [-0.15, -0.1) is 0 Å². The summed E-state index contributed by atoms with van der Waals surface area (Å²) in [5, 5.41) is 3.39. The highest BCUT2D eigenvalue weighted by atomic mass is 79.9. The first-order valence-electron chi connectivity index (χ1n) is 10.7. The van der Waals surface area contributed by atoms with E-state index in [0.29, 0.717) is 17.1 Å². The minimum absolute atomic E-state index is 0. The molecule has 0 saturated carbocycles. The van der Waals surface area contributed by atoms with Gasteiger partial charge < -0.3 is 31.2 Å². The summed E-state index contributed by atoms with van der Waals surface area (Å²) in [5.74, 6) is 0.256. The van der Waals surface area contributed by atoms with Crippen LogP contribution in [0.4, 0.5) is 0 Å². The number of methoxy groups -OCH3 is 2. The van der Waals surface area contributed by atoms with Crippen LogP contribution in [0.2, 0.25) is 0 Å². The number of rotatable bonds is 6. The van der Waals surface area contributed by atoms with Gasteiger partial charge in [-0.05, 0) is 42.5 Å². The van der Waals surface area contributed by atoms with Crippen LogP contribution >= 0.6 is 7.26 Å². The molecule has 0 aromatic heterocycles. The highest BCUT2D eigenvalue weighted by molar-refractivity contribution is 7.95. The Morgan fingerprint density at radius 1 is 0.706 bits per heavy atom. The Hall–Kier alpha value is -3.14. The summed E-state index contributed by atoms with van der Waals surface area (Å²) in [4.78, 5) is 13.2. The second-order valence-corrected chi connectivity index (χ2v) is 11.2. The van der Waals surface area contributed by atoms with E-state index in [-0.39, 0.29) is 23.0 Å². The Balaban J connectivity index is 0.00000274. The number of esters is 1. The van der Waals surface area contributed by atoms with Crippen LogP contribution in [0.5, 0.6) is 11.5 Å². The third-order valence-corrected chi connectivity index (χ3v) is 10.5. The zero-order valence-electron chi connectivity index (χ0n) is 18.9. The van der Waals surface area contributed by atoms with Crippen LogP contribution in [-0.4, -0.2) is 20.2 Å². The fourth-order valence-corrected chi connectivity index (χ4v) is 9.19. The van der Waals surface area contributed by atoms with Crippen molar-refractivity contribution >= 4 is 29.1 Å². The minimum atomic E-state index is -2.50. The van der Waals surface area contributed by atoms with Crippen molar-refractivity contribution in [1.29, 1.82) is 0 Å². The number of ether oxygens (including phenoxy) is 3. The van der Waals surface area contributed by atoms with Crippen molar-refractivity contribution in [1.82, 2.24) is 0 Å². The summed E-state index contributed by atoms with van der Waals surface area (Å²) >= 11 is 0. The van der Waals surface area contributed by atoms with Gasteiger partial charge in [0.25, 0.3) is 5.85 Å². The Kier molecular flexibility index (Phi) is 7.06. The standard InChI is InChI=1S/C28H24O4P.BrH/c1-30-20-18-24-26(25(19-20)31-2)28(32-27(24)29)33(21-12-6-3-7-13-21,22-14-8-4-9-15-22)23-16-10-5-11-17-23;/h3-19,28H,1-2H3;1H/q+1;/p-1. The van der Waals surface area contributed by atoms with Gasteiger partial charge >= 0.3 is 5.97 Å². The minimum Gasteiger partial charge on any atom is -1.00 e. The number of carbonyl (C=O) groups excluding carboxylic acids is 1. The summed E-state index contributed by atoms with van der Waals surface area (Å²) in [6.07, 6.45) is 0. The van der Waals surface area contributed by atoms with E-state index in [1.165, 1.54) is 0 Å². The molecule has 0 fully saturated rings. The summed E-state index contributed by atoms with van der Waals surface area (Å²) in [7, 11) is 0.693.